The Hall–Kier alpha value is -1.37. The van der Waals surface area contributed by atoms with Crippen molar-refractivity contribution in [1.29, 1.82) is 0 Å². The Morgan fingerprint density at radius 3 is 2.60 bits per heavy atom. The average molecular weight is 380 g/mol. The second-order valence-electron chi connectivity index (χ2n) is 5.89. The third-order valence-electron chi connectivity index (χ3n) is 3.90. The molecule has 0 aromatic heterocycles. The summed E-state index contributed by atoms with van der Waals surface area (Å²) in [6, 6.07) is 7.44. The Kier molecular flexibility index (Phi) is 8.44. The third kappa shape index (κ3) is 6.13. The Labute approximate surface area is 159 Å². The van der Waals surface area contributed by atoms with E-state index in [0.717, 1.165) is 18.4 Å². The fraction of sp³-hybridized carbons (Fsp3) is 0.474. The molecule has 0 aliphatic carbocycles. The number of thioether (sulfide) groups is 1. The SMILES string of the molecule is CCCCCCCN1C(=O)/C(=C/c2ccc(OCCO)cc2)SC1=S. The van der Waals surface area contributed by atoms with Crippen LogP contribution in [0.5, 0.6) is 5.75 Å². The number of nitrogens with zero attached hydrogens (tertiary/aromatic N) is 1. The molecule has 0 unspecified atom stereocenters. The molecule has 1 amide bonds. The van der Waals surface area contributed by atoms with Gasteiger partial charge in [-0.15, -0.1) is 0 Å². The minimum atomic E-state index is -0.0112. The zero-order chi connectivity index (χ0) is 18.1. The first kappa shape index (κ1) is 19.9. The van der Waals surface area contributed by atoms with Gasteiger partial charge in [0.25, 0.3) is 5.91 Å². The van der Waals surface area contributed by atoms with E-state index in [1.54, 1.807) is 4.90 Å². The maximum absolute atomic E-state index is 12.5. The molecular weight excluding hydrogens is 354 g/mol. The van der Waals surface area contributed by atoms with Crippen molar-refractivity contribution < 1.29 is 14.6 Å². The van der Waals surface area contributed by atoms with E-state index in [9.17, 15) is 4.79 Å². The number of thiocarbonyl (C=S) groups is 1. The molecule has 1 aliphatic rings. The second kappa shape index (κ2) is 10.6. The Morgan fingerprint density at radius 2 is 1.92 bits per heavy atom. The van der Waals surface area contributed by atoms with Gasteiger partial charge in [-0.05, 0) is 30.2 Å². The number of carbonyl (C=O) groups is 1. The molecule has 136 valence electrons. The second-order valence-corrected chi connectivity index (χ2v) is 7.56. The van der Waals surface area contributed by atoms with Crippen molar-refractivity contribution in [2.24, 2.45) is 0 Å². The first-order chi connectivity index (χ1) is 12.2. The monoisotopic (exact) mass is 379 g/mol. The fourth-order valence-electron chi connectivity index (χ4n) is 2.54. The highest BCUT2D eigenvalue weighted by molar-refractivity contribution is 8.26. The lowest BCUT2D eigenvalue weighted by molar-refractivity contribution is -0.122. The summed E-state index contributed by atoms with van der Waals surface area (Å²) in [5.41, 5.74) is 0.930. The highest BCUT2D eigenvalue weighted by Crippen LogP contribution is 2.33. The summed E-state index contributed by atoms with van der Waals surface area (Å²) in [6.07, 6.45) is 7.68. The molecule has 0 saturated carbocycles. The number of hydrogen-bond donors (Lipinski definition) is 1. The predicted molar refractivity (Wildman–Crippen MR) is 108 cm³/mol. The van der Waals surface area contributed by atoms with Crippen LogP contribution in [0, 0.1) is 0 Å². The van der Waals surface area contributed by atoms with E-state index in [2.05, 4.69) is 6.92 Å². The van der Waals surface area contributed by atoms with Crippen LogP contribution in [-0.2, 0) is 4.79 Å². The molecule has 4 nitrogen and oxygen atoms in total. The van der Waals surface area contributed by atoms with Crippen molar-refractivity contribution in [2.45, 2.75) is 39.0 Å². The zero-order valence-corrected chi connectivity index (χ0v) is 16.2. The van der Waals surface area contributed by atoms with E-state index >= 15 is 0 Å². The minimum Gasteiger partial charge on any atom is -0.491 e. The van der Waals surface area contributed by atoms with Gasteiger partial charge in [-0.1, -0.05) is 68.7 Å². The number of benzene rings is 1. The van der Waals surface area contributed by atoms with Crippen LogP contribution in [-0.4, -0.2) is 40.0 Å². The number of rotatable bonds is 10. The van der Waals surface area contributed by atoms with Crippen molar-refractivity contribution in [1.82, 2.24) is 4.90 Å². The molecule has 1 heterocycles. The molecule has 0 spiro atoms. The maximum atomic E-state index is 12.5. The van der Waals surface area contributed by atoms with Crippen LogP contribution in [0.4, 0.5) is 0 Å². The topological polar surface area (TPSA) is 49.8 Å². The van der Waals surface area contributed by atoms with Gasteiger partial charge in [0.2, 0.25) is 0 Å². The molecule has 6 heteroatoms. The van der Waals surface area contributed by atoms with Gasteiger partial charge in [-0.25, -0.2) is 0 Å². The van der Waals surface area contributed by atoms with Crippen molar-refractivity contribution in [2.75, 3.05) is 19.8 Å². The van der Waals surface area contributed by atoms with Crippen LogP contribution < -0.4 is 4.74 Å². The van der Waals surface area contributed by atoms with Gasteiger partial charge in [0.1, 0.15) is 16.7 Å². The van der Waals surface area contributed by atoms with E-state index in [4.69, 9.17) is 22.1 Å². The third-order valence-corrected chi connectivity index (χ3v) is 5.27. The molecular formula is C19H25NO3S2. The molecule has 0 radical (unpaired) electrons. The highest BCUT2D eigenvalue weighted by atomic mass is 32.2. The quantitative estimate of drug-likeness (QED) is 0.374. The van der Waals surface area contributed by atoms with Crippen LogP contribution in [0.3, 0.4) is 0 Å². The lowest BCUT2D eigenvalue weighted by Crippen LogP contribution is -2.29. The van der Waals surface area contributed by atoms with Crippen molar-refractivity contribution >= 4 is 40.3 Å². The molecule has 1 fully saturated rings. The number of aliphatic hydroxyl groups excluding tert-OH is 1. The Bertz CT molecular complexity index is 614. The van der Waals surface area contributed by atoms with E-state index in [1.807, 2.05) is 30.3 Å². The van der Waals surface area contributed by atoms with Gasteiger partial charge in [-0.2, -0.15) is 0 Å². The first-order valence-corrected chi connectivity index (χ1v) is 9.97. The predicted octanol–water partition coefficient (Wildman–Crippen LogP) is 4.23. The molecule has 1 aromatic rings. The van der Waals surface area contributed by atoms with Gasteiger partial charge < -0.3 is 9.84 Å². The van der Waals surface area contributed by atoms with Gasteiger partial charge in [0.05, 0.1) is 11.5 Å². The number of aliphatic hydroxyl groups is 1. The Balaban J connectivity index is 1.92. The fourth-order valence-corrected chi connectivity index (χ4v) is 3.85. The van der Waals surface area contributed by atoms with Crippen LogP contribution >= 0.6 is 24.0 Å². The lowest BCUT2D eigenvalue weighted by Gasteiger charge is -2.13. The average Bonchev–Trinajstić information content (AvgIpc) is 2.88. The molecule has 1 aliphatic heterocycles. The smallest absolute Gasteiger partial charge is 0.266 e. The molecule has 1 aromatic carbocycles. The summed E-state index contributed by atoms with van der Waals surface area (Å²) in [5, 5.41) is 8.76. The number of hydrogen-bond acceptors (Lipinski definition) is 5. The summed E-state index contributed by atoms with van der Waals surface area (Å²) in [6.45, 7) is 3.16. The molecule has 25 heavy (non-hydrogen) atoms. The van der Waals surface area contributed by atoms with E-state index < -0.39 is 0 Å². The lowest BCUT2D eigenvalue weighted by atomic mass is 10.1. The van der Waals surface area contributed by atoms with E-state index in [1.165, 1.54) is 31.0 Å². The molecule has 1 N–H and O–H groups in total. The summed E-state index contributed by atoms with van der Waals surface area (Å²) in [5.74, 6) is 0.705. The minimum absolute atomic E-state index is 0.00565. The number of amides is 1. The van der Waals surface area contributed by atoms with Crippen LogP contribution in [0.15, 0.2) is 29.2 Å². The van der Waals surface area contributed by atoms with Crippen LogP contribution in [0.1, 0.15) is 44.6 Å². The number of ether oxygens (including phenoxy) is 1. The maximum Gasteiger partial charge on any atom is 0.266 e. The van der Waals surface area contributed by atoms with Gasteiger partial charge in [-0.3, -0.25) is 9.69 Å². The standard InChI is InChI=1S/C19H25NO3S2/c1-2-3-4-5-6-11-20-18(22)17(25-19(20)24)14-15-7-9-16(10-8-15)23-13-12-21/h7-10,14,21H,2-6,11-13H2,1H3/b17-14-. The van der Waals surface area contributed by atoms with Crippen LogP contribution in [0.2, 0.25) is 0 Å². The molecule has 1 saturated heterocycles. The normalized spacial score (nSPS) is 16.1. The first-order valence-electron chi connectivity index (χ1n) is 8.74. The van der Waals surface area contributed by atoms with Crippen molar-refractivity contribution in [3.8, 4) is 5.75 Å². The Morgan fingerprint density at radius 1 is 1.20 bits per heavy atom. The summed E-state index contributed by atoms with van der Waals surface area (Å²) in [7, 11) is 0. The largest absolute Gasteiger partial charge is 0.491 e. The van der Waals surface area contributed by atoms with E-state index in [0.29, 0.717) is 21.5 Å². The van der Waals surface area contributed by atoms with Crippen molar-refractivity contribution in [3.63, 3.8) is 0 Å². The molecule has 0 bridgehead atoms. The summed E-state index contributed by atoms with van der Waals surface area (Å²) < 4.78 is 5.98. The number of unbranched alkanes of at least 4 members (excludes halogenated alkanes) is 4. The molecule has 0 atom stereocenters. The zero-order valence-electron chi connectivity index (χ0n) is 14.6. The van der Waals surface area contributed by atoms with Gasteiger partial charge in [0.15, 0.2) is 0 Å². The van der Waals surface area contributed by atoms with Gasteiger partial charge in [0, 0.05) is 6.54 Å². The summed E-state index contributed by atoms with van der Waals surface area (Å²) in [4.78, 5) is 14.9. The van der Waals surface area contributed by atoms with E-state index in [-0.39, 0.29) is 19.1 Å². The van der Waals surface area contributed by atoms with Crippen LogP contribution in [0.25, 0.3) is 6.08 Å². The van der Waals surface area contributed by atoms with Crippen molar-refractivity contribution in [3.05, 3.63) is 34.7 Å². The highest BCUT2D eigenvalue weighted by Gasteiger charge is 2.31. The summed E-state index contributed by atoms with van der Waals surface area (Å²) >= 11 is 6.73. The van der Waals surface area contributed by atoms with Gasteiger partial charge >= 0.3 is 0 Å². The molecule has 2 rings (SSSR count). The number of carbonyl (C=O) groups excluding carboxylic acids is 1.